The van der Waals surface area contributed by atoms with Crippen molar-refractivity contribution in [2.45, 2.75) is 25.4 Å². The Bertz CT molecular complexity index is 371. The maximum atomic E-state index is 12.3. The molecule has 0 aromatic heterocycles. The van der Waals surface area contributed by atoms with Crippen LogP contribution in [0, 0.1) is 5.92 Å². The highest BCUT2D eigenvalue weighted by atomic mass is 19.4. The number of nitrogens with two attached hydrogens (primary N) is 1. The molecule has 1 aromatic rings. The van der Waals surface area contributed by atoms with Crippen LogP contribution in [0.1, 0.15) is 18.4 Å². The summed E-state index contributed by atoms with van der Waals surface area (Å²) in [7, 11) is 3.89. The lowest BCUT2D eigenvalue weighted by atomic mass is 9.96. The van der Waals surface area contributed by atoms with Gasteiger partial charge in [0.25, 0.3) is 0 Å². The van der Waals surface area contributed by atoms with Crippen LogP contribution in [-0.2, 0) is 6.42 Å². The average molecular weight is 274 g/mol. The second-order valence-electron chi connectivity index (χ2n) is 5.02. The smallest absolute Gasteiger partial charge is 0.378 e. The molecule has 19 heavy (non-hydrogen) atoms. The van der Waals surface area contributed by atoms with E-state index in [1.54, 1.807) is 0 Å². The Morgan fingerprint density at radius 3 is 2.16 bits per heavy atom. The van der Waals surface area contributed by atoms with Crippen LogP contribution in [0.3, 0.4) is 0 Å². The molecule has 0 amide bonds. The maximum Gasteiger partial charge on any atom is 0.389 e. The van der Waals surface area contributed by atoms with Gasteiger partial charge in [-0.25, -0.2) is 0 Å². The van der Waals surface area contributed by atoms with Crippen LogP contribution in [-0.4, -0.2) is 26.8 Å². The molecule has 2 nitrogen and oxygen atoms in total. The van der Waals surface area contributed by atoms with E-state index in [0.29, 0.717) is 12.8 Å². The Labute approximate surface area is 112 Å². The lowest BCUT2D eigenvalue weighted by Gasteiger charge is -2.17. The van der Waals surface area contributed by atoms with Gasteiger partial charge in [0.2, 0.25) is 0 Å². The van der Waals surface area contributed by atoms with Crippen LogP contribution < -0.4 is 10.6 Å². The maximum absolute atomic E-state index is 12.3. The normalized spacial score (nSPS) is 13.4. The Kier molecular flexibility index (Phi) is 5.66. The van der Waals surface area contributed by atoms with Crippen molar-refractivity contribution in [2.24, 2.45) is 11.7 Å². The number of halogens is 3. The number of alkyl halides is 3. The minimum atomic E-state index is -4.13. The molecule has 0 spiro atoms. The zero-order chi connectivity index (χ0) is 14.5. The first-order valence-corrected chi connectivity index (χ1v) is 6.35. The quantitative estimate of drug-likeness (QED) is 0.863. The predicted octanol–water partition coefficient (Wildman–Crippen LogP) is 3.21. The number of rotatable bonds is 6. The van der Waals surface area contributed by atoms with Crippen molar-refractivity contribution >= 4 is 5.69 Å². The van der Waals surface area contributed by atoms with Gasteiger partial charge in [0.1, 0.15) is 0 Å². The van der Waals surface area contributed by atoms with Crippen molar-refractivity contribution < 1.29 is 13.2 Å². The summed E-state index contributed by atoms with van der Waals surface area (Å²) in [6, 6.07) is 7.85. The number of benzene rings is 1. The molecular weight excluding hydrogens is 253 g/mol. The highest BCUT2D eigenvalue weighted by Gasteiger charge is 2.30. The van der Waals surface area contributed by atoms with Gasteiger partial charge in [-0.05, 0) is 43.0 Å². The molecule has 108 valence electrons. The standard InChI is InChI=1S/C14H21F3N2/c1-19(2)13-7-5-11(6-8-13)3-4-12(10-18)9-14(15,16)17/h5-8,12H,3-4,9-10,18H2,1-2H3. The van der Waals surface area contributed by atoms with E-state index in [1.807, 2.05) is 43.3 Å². The summed E-state index contributed by atoms with van der Waals surface area (Å²) < 4.78 is 36.9. The van der Waals surface area contributed by atoms with Crippen LogP contribution >= 0.6 is 0 Å². The lowest BCUT2D eigenvalue weighted by molar-refractivity contribution is -0.144. The minimum absolute atomic E-state index is 0.0787. The Balaban J connectivity index is 2.50. The van der Waals surface area contributed by atoms with E-state index in [0.717, 1.165) is 11.3 Å². The number of aryl methyl sites for hydroxylation is 1. The first-order chi connectivity index (χ1) is 8.81. The van der Waals surface area contributed by atoms with E-state index in [4.69, 9.17) is 5.73 Å². The molecular formula is C14H21F3N2. The van der Waals surface area contributed by atoms with Gasteiger partial charge in [-0.15, -0.1) is 0 Å². The van der Waals surface area contributed by atoms with Crippen molar-refractivity contribution in [1.82, 2.24) is 0 Å². The van der Waals surface area contributed by atoms with Crippen molar-refractivity contribution in [3.8, 4) is 0 Å². The molecule has 0 heterocycles. The summed E-state index contributed by atoms with van der Waals surface area (Å²) >= 11 is 0. The zero-order valence-corrected chi connectivity index (χ0v) is 11.4. The van der Waals surface area contributed by atoms with E-state index in [1.165, 1.54) is 0 Å². The van der Waals surface area contributed by atoms with Crippen molar-refractivity contribution in [2.75, 3.05) is 25.5 Å². The first kappa shape index (κ1) is 15.8. The molecule has 5 heteroatoms. The summed E-state index contributed by atoms with van der Waals surface area (Å²) in [5.74, 6) is -0.492. The molecule has 1 unspecified atom stereocenters. The van der Waals surface area contributed by atoms with Gasteiger partial charge in [-0.3, -0.25) is 0 Å². The fourth-order valence-corrected chi connectivity index (χ4v) is 1.96. The summed E-state index contributed by atoms with van der Waals surface area (Å²) in [6.07, 6.45) is -3.82. The Morgan fingerprint density at radius 2 is 1.74 bits per heavy atom. The highest BCUT2D eigenvalue weighted by Crippen LogP contribution is 2.27. The Morgan fingerprint density at radius 1 is 1.16 bits per heavy atom. The number of hydrogen-bond acceptors (Lipinski definition) is 2. The van der Waals surface area contributed by atoms with Gasteiger partial charge in [0, 0.05) is 26.2 Å². The van der Waals surface area contributed by atoms with Crippen LogP contribution in [0.15, 0.2) is 24.3 Å². The minimum Gasteiger partial charge on any atom is -0.378 e. The average Bonchev–Trinajstić information content (AvgIpc) is 2.33. The fraction of sp³-hybridized carbons (Fsp3) is 0.571. The van der Waals surface area contributed by atoms with Crippen LogP contribution in [0.2, 0.25) is 0 Å². The van der Waals surface area contributed by atoms with E-state index in [9.17, 15) is 13.2 Å². The van der Waals surface area contributed by atoms with Crippen molar-refractivity contribution in [3.63, 3.8) is 0 Å². The SMILES string of the molecule is CN(C)c1ccc(CCC(CN)CC(F)(F)F)cc1. The van der Waals surface area contributed by atoms with Gasteiger partial charge in [0.05, 0.1) is 0 Å². The first-order valence-electron chi connectivity index (χ1n) is 6.35. The molecule has 0 aliphatic carbocycles. The van der Waals surface area contributed by atoms with Gasteiger partial charge in [-0.2, -0.15) is 13.2 Å². The summed E-state index contributed by atoms with van der Waals surface area (Å²) in [6.45, 7) is 0.0787. The number of anilines is 1. The second-order valence-corrected chi connectivity index (χ2v) is 5.02. The third-order valence-electron chi connectivity index (χ3n) is 3.15. The van der Waals surface area contributed by atoms with Gasteiger partial charge >= 0.3 is 6.18 Å². The molecule has 1 atom stereocenters. The molecule has 0 radical (unpaired) electrons. The largest absolute Gasteiger partial charge is 0.389 e. The molecule has 0 saturated carbocycles. The molecule has 0 saturated heterocycles. The molecule has 0 aliphatic heterocycles. The van der Waals surface area contributed by atoms with E-state index >= 15 is 0 Å². The highest BCUT2D eigenvalue weighted by molar-refractivity contribution is 5.45. The fourth-order valence-electron chi connectivity index (χ4n) is 1.96. The van der Waals surface area contributed by atoms with E-state index in [2.05, 4.69) is 0 Å². The molecule has 1 aromatic carbocycles. The van der Waals surface area contributed by atoms with Gasteiger partial charge in [0.15, 0.2) is 0 Å². The third kappa shape index (κ3) is 5.96. The van der Waals surface area contributed by atoms with Crippen LogP contribution in [0.4, 0.5) is 18.9 Å². The lowest BCUT2D eigenvalue weighted by Crippen LogP contribution is -2.22. The number of nitrogens with zero attached hydrogens (tertiary/aromatic N) is 1. The van der Waals surface area contributed by atoms with Gasteiger partial charge in [-0.1, -0.05) is 12.1 Å². The van der Waals surface area contributed by atoms with Gasteiger partial charge < -0.3 is 10.6 Å². The van der Waals surface area contributed by atoms with E-state index in [-0.39, 0.29) is 6.54 Å². The zero-order valence-electron chi connectivity index (χ0n) is 11.4. The van der Waals surface area contributed by atoms with Crippen molar-refractivity contribution in [1.29, 1.82) is 0 Å². The monoisotopic (exact) mass is 274 g/mol. The summed E-state index contributed by atoms with van der Waals surface area (Å²) in [4.78, 5) is 1.98. The third-order valence-corrected chi connectivity index (χ3v) is 3.15. The van der Waals surface area contributed by atoms with Crippen molar-refractivity contribution in [3.05, 3.63) is 29.8 Å². The van der Waals surface area contributed by atoms with Crippen LogP contribution in [0.5, 0.6) is 0 Å². The molecule has 0 fully saturated rings. The second kappa shape index (κ2) is 6.80. The molecule has 2 N–H and O–H groups in total. The topological polar surface area (TPSA) is 29.3 Å². The molecule has 0 bridgehead atoms. The molecule has 1 rings (SSSR count). The molecule has 0 aliphatic rings. The summed E-state index contributed by atoms with van der Waals surface area (Å²) in [5.41, 5.74) is 7.53. The predicted molar refractivity (Wildman–Crippen MR) is 72.3 cm³/mol. The summed E-state index contributed by atoms with van der Waals surface area (Å²) in [5, 5.41) is 0. The Hall–Kier alpha value is -1.23. The van der Waals surface area contributed by atoms with Crippen LogP contribution in [0.25, 0.3) is 0 Å². The number of hydrogen-bond donors (Lipinski definition) is 1. The van der Waals surface area contributed by atoms with E-state index < -0.39 is 18.5 Å².